The number of nitrogens with two attached hydrogens (primary N) is 1. The molecular weight excluding hydrogens is 210 g/mol. The molecular formula is C9H17N5S. The second-order valence-corrected chi connectivity index (χ2v) is 4.93. The lowest BCUT2D eigenvalue weighted by Crippen LogP contribution is -2.55. The molecule has 2 unspecified atom stereocenters. The Labute approximate surface area is 94.1 Å². The van der Waals surface area contributed by atoms with Gasteiger partial charge in [-0.2, -0.15) is 9.36 Å². The number of rotatable bonds is 1. The monoisotopic (exact) mass is 227 g/mol. The number of piperazine rings is 1. The van der Waals surface area contributed by atoms with Crippen molar-refractivity contribution < 1.29 is 0 Å². The van der Waals surface area contributed by atoms with Crippen LogP contribution >= 0.6 is 11.5 Å². The third-order valence-electron chi connectivity index (χ3n) is 3.06. The first kappa shape index (κ1) is 10.6. The standard InChI is InChI=1S/C9H17N5S/c1-6-4-14(5-7(2)13(6)3)9-11-8(10)12-15-9/h6-7H,4-5H2,1-3H3,(H2,10,12). The van der Waals surface area contributed by atoms with Crippen LogP contribution in [-0.4, -0.2) is 46.5 Å². The molecule has 1 saturated heterocycles. The van der Waals surface area contributed by atoms with E-state index in [1.54, 1.807) is 0 Å². The first-order valence-electron chi connectivity index (χ1n) is 5.14. The van der Waals surface area contributed by atoms with E-state index < -0.39 is 0 Å². The normalized spacial score (nSPS) is 28.3. The highest BCUT2D eigenvalue weighted by atomic mass is 32.1. The Morgan fingerprint density at radius 3 is 2.40 bits per heavy atom. The van der Waals surface area contributed by atoms with Crippen molar-refractivity contribution in [3.63, 3.8) is 0 Å². The van der Waals surface area contributed by atoms with Crippen molar-refractivity contribution in [2.24, 2.45) is 0 Å². The maximum atomic E-state index is 5.53. The Morgan fingerprint density at radius 2 is 1.93 bits per heavy atom. The van der Waals surface area contributed by atoms with E-state index in [4.69, 9.17) is 5.73 Å². The Bertz CT molecular complexity index is 327. The zero-order valence-corrected chi connectivity index (χ0v) is 10.2. The highest BCUT2D eigenvalue weighted by molar-refractivity contribution is 7.09. The molecule has 1 aromatic heterocycles. The summed E-state index contributed by atoms with van der Waals surface area (Å²) in [6, 6.07) is 1.08. The molecule has 15 heavy (non-hydrogen) atoms. The van der Waals surface area contributed by atoms with Crippen molar-refractivity contribution >= 4 is 22.6 Å². The van der Waals surface area contributed by atoms with Crippen molar-refractivity contribution in [3.05, 3.63) is 0 Å². The van der Waals surface area contributed by atoms with Crippen molar-refractivity contribution in [1.82, 2.24) is 14.3 Å². The molecule has 1 aliphatic heterocycles. The maximum Gasteiger partial charge on any atom is 0.233 e. The summed E-state index contributed by atoms with van der Waals surface area (Å²) in [5.41, 5.74) is 5.53. The van der Waals surface area contributed by atoms with Gasteiger partial charge in [-0.3, -0.25) is 4.90 Å². The summed E-state index contributed by atoms with van der Waals surface area (Å²) in [5, 5.41) is 0.944. The average Bonchev–Trinajstić information content (AvgIpc) is 2.60. The molecule has 2 rings (SSSR count). The fourth-order valence-electron chi connectivity index (χ4n) is 1.92. The highest BCUT2D eigenvalue weighted by Crippen LogP contribution is 2.23. The first-order chi connectivity index (χ1) is 7.08. The molecule has 0 aliphatic carbocycles. The van der Waals surface area contributed by atoms with Crippen LogP contribution < -0.4 is 10.6 Å². The molecule has 0 aromatic carbocycles. The molecule has 6 heteroatoms. The smallest absolute Gasteiger partial charge is 0.233 e. The third-order valence-corrected chi connectivity index (χ3v) is 3.85. The summed E-state index contributed by atoms with van der Waals surface area (Å²) in [6.07, 6.45) is 0. The summed E-state index contributed by atoms with van der Waals surface area (Å²) in [5.74, 6) is 0.384. The molecule has 84 valence electrons. The zero-order chi connectivity index (χ0) is 11.0. The number of nitrogen functional groups attached to an aromatic ring is 1. The topological polar surface area (TPSA) is 58.3 Å². The molecule has 5 nitrogen and oxygen atoms in total. The molecule has 0 bridgehead atoms. The number of nitrogens with zero attached hydrogens (tertiary/aromatic N) is 4. The minimum Gasteiger partial charge on any atom is -0.367 e. The van der Waals surface area contributed by atoms with Gasteiger partial charge in [0.05, 0.1) is 0 Å². The summed E-state index contributed by atoms with van der Waals surface area (Å²) >= 11 is 1.38. The van der Waals surface area contributed by atoms with Crippen LogP contribution in [0.15, 0.2) is 0 Å². The predicted molar refractivity (Wildman–Crippen MR) is 63.2 cm³/mol. The second-order valence-electron chi connectivity index (χ2n) is 4.20. The Kier molecular flexibility index (Phi) is 2.79. The van der Waals surface area contributed by atoms with Gasteiger partial charge < -0.3 is 10.6 Å². The van der Waals surface area contributed by atoms with Crippen LogP contribution in [0.4, 0.5) is 11.1 Å². The minimum atomic E-state index is 0.384. The Hall–Kier alpha value is -0.880. The van der Waals surface area contributed by atoms with Crippen molar-refractivity contribution in [3.8, 4) is 0 Å². The van der Waals surface area contributed by atoms with Crippen molar-refractivity contribution in [1.29, 1.82) is 0 Å². The lowest BCUT2D eigenvalue weighted by Gasteiger charge is -2.42. The zero-order valence-electron chi connectivity index (χ0n) is 9.34. The van der Waals surface area contributed by atoms with E-state index >= 15 is 0 Å². The Balaban J connectivity index is 2.12. The molecule has 1 fully saturated rings. The van der Waals surface area contributed by atoms with Gasteiger partial charge in [0.25, 0.3) is 0 Å². The number of hydrogen-bond acceptors (Lipinski definition) is 6. The fourth-order valence-corrected chi connectivity index (χ4v) is 2.53. The number of anilines is 2. The maximum absolute atomic E-state index is 5.53. The van der Waals surface area contributed by atoms with Crippen LogP contribution in [0.1, 0.15) is 13.8 Å². The van der Waals surface area contributed by atoms with Gasteiger partial charge in [-0.1, -0.05) is 0 Å². The van der Waals surface area contributed by atoms with Crippen LogP contribution in [0.25, 0.3) is 0 Å². The summed E-state index contributed by atoms with van der Waals surface area (Å²) in [6.45, 7) is 6.45. The molecule has 1 aromatic rings. The molecule has 0 radical (unpaired) electrons. The van der Waals surface area contributed by atoms with E-state index in [2.05, 4.69) is 40.1 Å². The van der Waals surface area contributed by atoms with Gasteiger partial charge in [0.1, 0.15) is 0 Å². The summed E-state index contributed by atoms with van der Waals surface area (Å²) in [4.78, 5) is 8.88. The van der Waals surface area contributed by atoms with Crippen molar-refractivity contribution in [2.45, 2.75) is 25.9 Å². The van der Waals surface area contributed by atoms with E-state index in [1.165, 1.54) is 11.5 Å². The van der Waals surface area contributed by atoms with E-state index in [0.717, 1.165) is 18.2 Å². The van der Waals surface area contributed by atoms with Crippen LogP contribution in [-0.2, 0) is 0 Å². The fraction of sp³-hybridized carbons (Fsp3) is 0.778. The van der Waals surface area contributed by atoms with E-state index in [9.17, 15) is 0 Å². The van der Waals surface area contributed by atoms with Gasteiger partial charge in [-0.25, -0.2) is 0 Å². The van der Waals surface area contributed by atoms with E-state index in [-0.39, 0.29) is 0 Å². The Morgan fingerprint density at radius 1 is 1.33 bits per heavy atom. The summed E-state index contributed by atoms with van der Waals surface area (Å²) in [7, 11) is 2.17. The number of hydrogen-bond donors (Lipinski definition) is 1. The van der Waals surface area contributed by atoms with Crippen LogP contribution in [0.2, 0.25) is 0 Å². The number of likely N-dealkylation sites (N-methyl/N-ethyl adjacent to an activating group) is 1. The molecule has 0 saturated carbocycles. The number of aromatic nitrogens is 2. The molecule has 2 N–H and O–H groups in total. The van der Waals surface area contributed by atoms with Crippen LogP contribution in [0, 0.1) is 0 Å². The molecule has 2 atom stereocenters. The van der Waals surface area contributed by atoms with Gasteiger partial charge in [0, 0.05) is 36.7 Å². The first-order valence-corrected chi connectivity index (χ1v) is 5.91. The SMILES string of the molecule is CC1CN(c2nc(N)ns2)CC(C)N1C. The molecule has 0 spiro atoms. The van der Waals surface area contributed by atoms with Gasteiger partial charge in [0.2, 0.25) is 11.1 Å². The summed E-state index contributed by atoms with van der Waals surface area (Å²) < 4.78 is 4.01. The highest BCUT2D eigenvalue weighted by Gasteiger charge is 2.28. The van der Waals surface area contributed by atoms with Crippen LogP contribution in [0.3, 0.4) is 0 Å². The molecule has 1 aliphatic rings. The lowest BCUT2D eigenvalue weighted by atomic mass is 10.1. The predicted octanol–water partition coefficient (Wildman–Crippen LogP) is 0.649. The molecule has 2 heterocycles. The lowest BCUT2D eigenvalue weighted by molar-refractivity contribution is 0.170. The average molecular weight is 227 g/mol. The second kappa shape index (κ2) is 3.94. The third kappa shape index (κ3) is 2.05. The van der Waals surface area contributed by atoms with E-state index in [1.807, 2.05) is 0 Å². The largest absolute Gasteiger partial charge is 0.367 e. The van der Waals surface area contributed by atoms with Gasteiger partial charge in [0.15, 0.2) is 0 Å². The van der Waals surface area contributed by atoms with Gasteiger partial charge >= 0.3 is 0 Å². The van der Waals surface area contributed by atoms with E-state index in [0.29, 0.717) is 18.0 Å². The van der Waals surface area contributed by atoms with Crippen molar-refractivity contribution in [2.75, 3.05) is 30.8 Å². The quantitative estimate of drug-likeness (QED) is 0.763. The molecule has 0 amide bonds. The minimum absolute atomic E-state index is 0.384. The van der Waals surface area contributed by atoms with Gasteiger partial charge in [-0.15, -0.1) is 0 Å². The van der Waals surface area contributed by atoms with Crippen LogP contribution in [0.5, 0.6) is 0 Å². The van der Waals surface area contributed by atoms with Gasteiger partial charge in [-0.05, 0) is 20.9 Å².